The molecule has 3 aromatic carbocycles. The van der Waals surface area contributed by atoms with Crippen molar-refractivity contribution in [2.45, 2.75) is 13.8 Å². The lowest BCUT2D eigenvalue weighted by molar-refractivity contribution is 0.0940. The molecule has 0 unspecified atom stereocenters. The molecule has 0 amide bonds. The number of hydrogen-bond donors (Lipinski definition) is 0. The van der Waals surface area contributed by atoms with Gasteiger partial charge in [-0.1, -0.05) is 86.6 Å². The lowest BCUT2D eigenvalue weighted by Crippen LogP contribution is -2.29. The minimum Gasteiger partial charge on any atom is -0.366 e. The zero-order valence-electron chi connectivity index (χ0n) is 16.6. The highest BCUT2D eigenvalue weighted by Crippen LogP contribution is 2.44. The van der Waals surface area contributed by atoms with Crippen molar-refractivity contribution in [2.75, 3.05) is 18.2 Å². The van der Waals surface area contributed by atoms with Crippen LogP contribution >= 0.6 is 7.14 Å². The van der Waals surface area contributed by atoms with Gasteiger partial charge in [-0.3, -0.25) is 4.79 Å². The topological polar surface area (TPSA) is 37.4 Å². The molecule has 0 radical (unpaired) electrons. The number of para-hydroxylation sites is 1. The van der Waals surface area contributed by atoms with E-state index < -0.39 is 7.14 Å². The molecule has 0 bridgehead atoms. The SMILES string of the molecule is CC(C)C(=O)c1ccccc1N(C)CP(=O)(c1ccccc1)c1ccccc1. The van der Waals surface area contributed by atoms with Crippen LogP contribution < -0.4 is 15.5 Å². The second-order valence-electron chi connectivity index (χ2n) is 7.29. The van der Waals surface area contributed by atoms with Crippen LogP contribution in [0.2, 0.25) is 0 Å². The van der Waals surface area contributed by atoms with E-state index in [9.17, 15) is 9.36 Å². The number of Topliss-reactive ketones (excluding diaryl/α,β-unsaturated/α-hetero) is 1. The smallest absolute Gasteiger partial charge is 0.167 e. The Morgan fingerprint density at radius 2 is 1.29 bits per heavy atom. The predicted octanol–water partition coefficient (Wildman–Crippen LogP) is 4.93. The maximum Gasteiger partial charge on any atom is 0.167 e. The van der Waals surface area contributed by atoms with Gasteiger partial charge in [0.1, 0.15) is 0 Å². The number of ketones is 1. The Morgan fingerprint density at radius 1 is 0.821 bits per heavy atom. The van der Waals surface area contributed by atoms with Gasteiger partial charge >= 0.3 is 0 Å². The molecule has 28 heavy (non-hydrogen) atoms. The molecule has 0 saturated heterocycles. The molecule has 0 aromatic heterocycles. The van der Waals surface area contributed by atoms with E-state index in [2.05, 4.69) is 0 Å². The summed E-state index contributed by atoms with van der Waals surface area (Å²) in [5, 5.41) is 1.64. The first-order chi connectivity index (χ1) is 13.4. The molecule has 0 fully saturated rings. The van der Waals surface area contributed by atoms with Crippen molar-refractivity contribution in [3.63, 3.8) is 0 Å². The first kappa shape index (κ1) is 20.1. The van der Waals surface area contributed by atoms with Gasteiger partial charge in [0, 0.05) is 34.8 Å². The fourth-order valence-electron chi connectivity index (χ4n) is 3.35. The van der Waals surface area contributed by atoms with Gasteiger partial charge in [-0.05, 0) is 12.1 Å². The number of rotatable bonds is 7. The first-order valence-electron chi connectivity index (χ1n) is 9.48. The average molecular weight is 391 g/mol. The van der Waals surface area contributed by atoms with Crippen molar-refractivity contribution in [3.8, 4) is 0 Å². The Bertz CT molecular complexity index is 940. The number of nitrogens with zero attached hydrogens (tertiary/aromatic N) is 1. The molecule has 0 aliphatic rings. The molecule has 3 nitrogen and oxygen atoms in total. The van der Waals surface area contributed by atoms with E-state index in [-0.39, 0.29) is 11.7 Å². The zero-order chi connectivity index (χ0) is 20.1. The molecular weight excluding hydrogens is 365 g/mol. The largest absolute Gasteiger partial charge is 0.366 e. The monoisotopic (exact) mass is 391 g/mol. The number of anilines is 1. The van der Waals surface area contributed by atoms with E-state index in [1.165, 1.54) is 0 Å². The number of carbonyl (C=O) groups excluding carboxylic acids is 1. The summed E-state index contributed by atoms with van der Waals surface area (Å²) in [6, 6.07) is 26.8. The summed E-state index contributed by atoms with van der Waals surface area (Å²) in [4.78, 5) is 14.6. The molecule has 3 rings (SSSR count). The van der Waals surface area contributed by atoms with E-state index in [1.807, 2.05) is 111 Å². The van der Waals surface area contributed by atoms with E-state index >= 15 is 0 Å². The molecule has 3 aromatic rings. The minimum absolute atomic E-state index is 0.0930. The fourth-order valence-corrected chi connectivity index (χ4v) is 6.03. The van der Waals surface area contributed by atoms with Crippen molar-refractivity contribution < 1.29 is 9.36 Å². The fraction of sp³-hybridized carbons (Fsp3) is 0.208. The van der Waals surface area contributed by atoms with Crippen molar-refractivity contribution in [2.24, 2.45) is 5.92 Å². The summed E-state index contributed by atoms with van der Waals surface area (Å²) < 4.78 is 14.3. The van der Waals surface area contributed by atoms with Gasteiger partial charge < -0.3 is 9.46 Å². The maximum absolute atomic E-state index is 14.3. The standard InChI is InChI=1S/C24H26NO2P/c1-19(2)24(26)22-16-10-11-17-23(22)25(3)18-28(27,20-12-6-4-7-13-20)21-14-8-5-9-15-21/h4-17,19H,18H2,1-3H3. The lowest BCUT2D eigenvalue weighted by Gasteiger charge is -2.28. The van der Waals surface area contributed by atoms with Crippen LogP contribution in [0.5, 0.6) is 0 Å². The summed E-state index contributed by atoms with van der Waals surface area (Å²) in [7, 11) is -0.997. The van der Waals surface area contributed by atoms with E-state index in [4.69, 9.17) is 0 Å². The molecule has 0 heterocycles. The molecule has 0 saturated carbocycles. The Kier molecular flexibility index (Phi) is 6.16. The van der Waals surface area contributed by atoms with Crippen LogP contribution in [0.15, 0.2) is 84.9 Å². The number of hydrogen-bond acceptors (Lipinski definition) is 3. The molecule has 0 atom stereocenters. The highest BCUT2D eigenvalue weighted by atomic mass is 31.2. The van der Waals surface area contributed by atoms with Crippen LogP contribution in [0.25, 0.3) is 0 Å². The van der Waals surface area contributed by atoms with Crippen molar-refractivity contribution in [1.82, 2.24) is 0 Å². The summed E-state index contributed by atoms with van der Waals surface area (Å²) >= 11 is 0. The van der Waals surface area contributed by atoms with Gasteiger partial charge in [0.2, 0.25) is 0 Å². The van der Waals surface area contributed by atoms with Gasteiger partial charge in [0.15, 0.2) is 12.9 Å². The zero-order valence-corrected chi connectivity index (χ0v) is 17.5. The molecule has 0 aliphatic carbocycles. The predicted molar refractivity (Wildman–Crippen MR) is 119 cm³/mol. The van der Waals surface area contributed by atoms with Gasteiger partial charge in [-0.2, -0.15) is 0 Å². The quantitative estimate of drug-likeness (QED) is 0.423. The van der Waals surface area contributed by atoms with Gasteiger partial charge in [-0.15, -0.1) is 0 Å². The van der Waals surface area contributed by atoms with Crippen LogP contribution in [-0.2, 0) is 4.57 Å². The van der Waals surface area contributed by atoms with E-state index in [1.54, 1.807) is 0 Å². The number of benzene rings is 3. The third-order valence-corrected chi connectivity index (χ3v) is 7.95. The normalized spacial score (nSPS) is 11.4. The van der Waals surface area contributed by atoms with E-state index in [0.717, 1.165) is 16.3 Å². The van der Waals surface area contributed by atoms with Crippen molar-refractivity contribution in [3.05, 3.63) is 90.5 Å². The van der Waals surface area contributed by atoms with Crippen LogP contribution in [0.4, 0.5) is 5.69 Å². The molecule has 144 valence electrons. The number of carbonyl (C=O) groups is 1. The molecule has 0 N–H and O–H groups in total. The second kappa shape index (κ2) is 8.58. The van der Waals surface area contributed by atoms with Crippen LogP contribution in [0, 0.1) is 5.92 Å². The Balaban J connectivity index is 2.04. The summed E-state index contributed by atoms with van der Waals surface area (Å²) in [5.41, 5.74) is 1.49. The highest BCUT2D eigenvalue weighted by Gasteiger charge is 2.30. The Morgan fingerprint density at radius 3 is 1.79 bits per heavy atom. The van der Waals surface area contributed by atoms with Crippen molar-refractivity contribution >= 4 is 29.2 Å². The molecule has 0 aliphatic heterocycles. The third kappa shape index (κ3) is 4.10. The van der Waals surface area contributed by atoms with Crippen LogP contribution in [-0.4, -0.2) is 19.1 Å². The van der Waals surface area contributed by atoms with Crippen molar-refractivity contribution in [1.29, 1.82) is 0 Å². The average Bonchev–Trinajstić information content (AvgIpc) is 2.74. The van der Waals surface area contributed by atoms with E-state index in [0.29, 0.717) is 11.8 Å². The maximum atomic E-state index is 14.3. The van der Waals surface area contributed by atoms with Gasteiger partial charge in [-0.25, -0.2) is 0 Å². The summed E-state index contributed by atoms with van der Waals surface area (Å²) in [6.07, 6.45) is 0.323. The van der Waals surface area contributed by atoms with Crippen LogP contribution in [0.1, 0.15) is 24.2 Å². The molecule has 4 heteroatoms. The summed E-state index contributed by atoms with van der Waals surface area (Å²) in [6.45, 7) is 3.80. The lowest BCUT2D eigenvalue weighted by atomic mass is 9.99. The highest BCUT2D eigenvalue weighted by molar-refractivity contribution is 7.78. The first-order valence-corrected chi connectivity index (χ1v) is 11.4. The molecule has 0 spiro atoms. The summed E-state index contributed by atoms with van der Waals surface area (Å²) in [5.74, 6) is 0.00121. The second-order valence-corrected chi connectivity index (χ2v) is 10.1. The van der Waals surface area contributed by atoms with Gasteiger partial charge in [0.25, 0.3) is 0 Å². The Labute approximate surface area is 167 Å². The van der Waals surface area contributed by atoms with Gasteiger partial charge in [0.05, 0.1) is 6.29 Å². The Hall–Kier alpha value is -2.64. The van der Waals surface area contributed by atoms with Crippen LogP contribution in [0.3, 0.4) is 0 Å². The minimum atomic E-state index is -2.90. The third-order valence-electron chi connectivity index (χ3n) is 4.86. The molecular formula is C24H26NO2P.